The molecule has 1 nitrogen and oxygen atoms in total. The van der Waals surface area contributed by atoms with Crippen molar-refractivity contribution in [1.82, 2.24) is 0 Å². The molecule has 2 rings (SSSR count). The van der Waals surface area contributed by atoms with Crippen LogP contribution in [0.15, 0.2) is 30.3 Å². The van der Waals surface area contributed by atoms with Crippen molar-refractivity contribution < 1.29 is 4.79 Å². The lowest BCUT2D eigenvalue weighted by Crippen LogP contribution is -1.99. The number of hydrogen-bond acceptors (Lipinski definition) is 1. The molecule has 0 N–H and O–H groups in total. The smallest absolute Gasteiger partial charge is 0.130 e. The van der Waals surface area contributed by atoms with Crippen LogP contribution < -0.4 is 0 Å². The van der Waals surface area contributed by atoms with Crippen LogP contribution in [0.2, 0.25) is 0 Å². The SMILES string of the molecule is CCC1=CC(CC(C)=O)c2ccccc21. The molecule has 1 aliphatic rings. The van der Waals surface area contributed by atoms with Crippen LogP contribution in [0.1, 0.15) is 43.7 Å². The van der Waals surface area contributed by atoms with Crippen molar-refractivity contribution in [3.63, 3.8) is 0 Å². The second-order valence-electron chi connectivity index (χ2n) is 4.15. The number of carbonyl (C=O) groups is 1. The van der Waals surface area contributed by atoms with Crippen LogP contribution in [0.4, 0.5) is 0 Å². The molecule has 0 bridgehead atoms. The average molecular weight is 200 g/mol. The Morgan fingerprint density at radius 1 is 1.33 bits per heavy atom. The van der Waals surface area contributed by atoms with E-state index in [4.69, 9.17) is 0 Å². The Labute approximate surface area is 90.8 Å². The summed E-state index contributed by atoms with van der Waals surface area (Å²) in [6.07, 6.45) is 3.94. The van der Waals surface area contributed by atoms with Gasteiger partial charge in [0.1, 0.15) is 5.78 Å². The maximum atomic E-state index is 11.2. The molecule has 0 saturated heterocycles. The Bertz CT molecular complexity index is 415. The molecule has 1 unspecified atom stereocenters. The van der Waals surface area contributed by atoms with Crippen LogP contribution >= 0.6 is 0 Å². The predicted octanol–water partition coefficient (Wildman–Crippen LogP) is 3.56. The summed E-state index contributed by atoms with van der Waals surface area (Å²) in [5.74, 6) is 0.581. The van der Waals surface area contributed by atoms with Gasteiger partial charge in [0.2, 0.25) is 0 Å². The summed E-state index contributed by atoms with van der Waals surface area (Å²) in [6, 6.07) is 8.42. The highest BCUT2D eigenvalue weighted by atomic mass is 16.1. The van der Waals surface area contributed by atoms with Crippen molar-refractivity contribution in [1.29, 1.82) is 0 Å². The van der Waals surface area contributed by atoms with Gasteiger partial charge < -0.3 is 0 Å². The average Bonchev–Trinajstić information content (AvgIpc) is 2.56. The Kier molecular flexibility index (Phi) is 2.72. The van der Waals surface area contributed by atoms with Gasteiger partial charge in [0.15, 0.2) is 0 Å². The van der Waals surface area contributed by atoms with Gasteiger partial charge in [-0.15, -0.1) is 0 Å². The van der Waals surface area contributed by atoms with Crippen LogP contribution in [0.5, 0.6) is 0 Å². The second-order valence-corrected chi connectivity index (χ2v) is 4.15. The number of carbonyl (C=O) groups excluding carboxylic acids is 1. The molecule has 0 spiro atoms. The number of benzene rings is 1. The van der Waals surface area contributed by atoms with Crippen molar-refractivity contribution >= 4 is 11.4 Å². The van der Waals surface area contributed by atoms with E-state index in [0.29, 0.717) is 12.3 Å². The maximum Gasteiger partial charge on any atom is 0.130 e. The fraction of sp³-hybridized carbons (Fsp3) is 0.357. The number of rotatable bonds is 3. The molecule has 0 heterocycles. The highest BCUT2D eigenvalue weighted by Crippen LogP contribution is 2.38. The van der Waals surface area contributed by atoms with E-state index in [2.05, 4.69) is 37.3 Å². The highest BCUT2D eigenvalue weighted by Gasteiger charge is 2.22. The van der Waals surface area contributed by atoms with Gasteiger partial charge >= 0.3 is 0 Å². The van der Waals surface area contributed by atoms with Gasteiger partial charge in [-0.1, -0.05) is 37.3 Å². The van der Waals surface area contributed by atoms with Gasteiger partial charge in [0, 0.05) is 12.3 Å². The summed E-state index contributed by atoms with van der Waals surface area (Å²) < 4.78 is 0. The molecule has 0 radical (unpaired) electrons. The summed E-state index contributed by atoms with van der Waals surface area (Å²) in [4.78, 5) is 11.2. The number of hydrogen-bond donors (Lipinski definition) is 0. The normalized spacial score (nSPS) is 18.5. The van der Waals surface area contributed by atoms with Gasteiger partial charge in [-0.05, 0) is 30.0 Å². The van der Waals surface area contributed by atoms with Crippen molar-refractivity contribution in [2.45, 2.75) is 32.6 Å². The van der Waals surface area contributed by atoms with Crippen LogP contribution in [0, 0.1) is 0 Å². The molecule has 1 heteroatoms. The third-order valence-corrected chi connectivity index (χ3v) is 3.00. The molecule has 0 fully saturated rings. The fourth-order valence-corrected chi connectivity index (χ4v) is 2.32. The van der Waals surface area contributed by atoms with E-state index in [1.807, 2.05) is 0 Å². The molecule has 78 valence electrons. The molecule has 0 aliphatic heterocycles. The minimum Gasteiger partial charge on any atom is -0.300 e. The Morgan fingerprint density at radius 2 is 2.07 bits per heavy atom. The molecule has 15 heavy (non-hydrogen) atoms. The molecule has 1 aromatic rings. The summed E-state index contributed by atoms with van der Waals surface area (Å²) in [6.45, 7) is 3.83. The quantitative estimate of drug-likeness (QED) is 0.729. The van der Waals surface area contributed by atoms with Gasteiger partial charge in [-0.2, -0.15) is 0 Å². The summed E-state index contributed by atoms with van der Waals surface area (Å²) in [5.41, 5.74) is 4.05. The zero-order valence-electron chi connectivity index (χ0n) is 9.29. The predicted molar refractivity (Wildman–Crippen MR) is 62.7 cm³/mol. The lowest BCUT2D eigenvalue weighted by molar-refractivity contribution is -0.117. The first kappa shape index (κ1) is 10.2. The first-order chi connectivity index (χ1) is 7.22. The molecule has 1 aliphatic carbocycles. The van der Waals surface area contributed by atoms with Crippen molar-refractivity contribution in [2.75, 3.05) is 0 Å². The molecule has 0 saturated carbocycles. The minimum atomic E-state index is 0.267. The van der Waals surface area contributed by atoms with Crippen LogP contribution in [-0.2, 0) is 4.79 Å². The first-order valence-corrected chi connectivity index (χ1v) is 5.51. The van der Waals surface area contributed by atoms with E-state index in [-0.39, 0.29) is 5.78 Å². The fourth-order valence-electron chi connectivity index (χ4n) is 2.32. The van der Waals surface area contributed by atoms with Crippen LogP contribution in [-0.4, -0.2) is 5.78 Å². The molecule has 1 aromatic carbocycles. The molecule has 0 aromatic heterocycles. The van der Waals surface area contributed by atoms with E-state index in [9.17, 15) is 4.79 Å². The summed E-state index contributed by atoms with van der Waals surface area (Å²) in [7, 11) is 0. The Balaban J connectivity index is 2.37. The van der Waals surface area contributed by atoms with Gasteiger partial charge in [-0.3, -0.25) is 4.79 Å². The molecular weight excluding hydrogens is 184 g/mol. The van der Waals surface area contributed by atoms with Gasteiger partial charge in [0.05, 0.1) is 0 Å². The Hall–Kier alpha value is -1.37. The largest absolute Gasteiger partial charge is 0.300 e. The van der Waals surface area contributed by atoms with Crippen molar-refractivity contribution in [3.8, 4) is 0 Å². The number of Topliss-reactive ketones (excluding diaryl/α,β-unsaturated/α-hetero) is 1. The number of fused-ring (bicyclic) bond motifs is 1. The zero-order chi connectivity index (χ0) is 10.8. The lowest BCUT2D eigenvalue weighted by Gasteiger charge is -2.08. The number of allylic oxidation sites excluding steroid dienone is 2. The summed E-state index contributed by atoms with van der Waals surface area (Å²) >= 11 is 0. The monoisotopic (exact) mass is 200 g/mol. The first-order valence-electron chi connectivity index (χ1n) is 5.51. The van der Waals surface area contributed by atoms with E-state index < -0.39 is 0 Å². The maximum absolute atomic E-state index is 11.2. The van der Waals surface area contributed by atoms with Gasteiger partial charge in [0.25, 0.3) is 0 Å². The second kappa shape index (κ2) is 4.01. The molecule has 0 amide bonds. The summed E-state index contributed by atoms with van der Waals surface area (Å²) in [5, 5.41) is 0. The highest BCUT2D eigenvalue weighted by molar-refractivity contribution is 5.81. The van der Waals surface area contributed by atoms with Crippen LogP contribution in [0.25, 0.3) is 5.57 Å². The standard InChI is InChI=1S/C14H16O/c1-3-11-9-12(8-10(2)15)14-7-5-4-6-13(11)14/h4-7,9,12H,3,8H2,1-2H3. The van der Waals surface area contributed by atoms with E-state index in [1.54, 1.807) is 6.92 Å². The van der Waals surface area contributed by atoms with E-state index >= 15 is 0 Å². The third-order valence-electron chi connectivity index (χ3n) is 3.00. The third kappa shape index (κ3) is 1.87. The van der Waals surface area contributed by atoms with E-state index in [0.717, 1.165) is 6.42 Å². The van der Waals surface area contributed by atoms with Gasteiger partial charge in [-0.25, -0.2) is 0 Å². The number of ketones is 1. The van der Waals surface area contributed by atoms with Crippen molar-refractivity contribution in [2.24, 2.45) is 0 Å². The van der Waals surface area contributed by atoms with Crippen molar-refractivity contribution in [3.05, 3.63) is 41.5 Å². The topological polar surface area (TPSA) is 17.1 Å². The lowest BCUT2D eigenvalue weighted by atomic mass is 9.96. The zero-order valence-corrected chi connectivity index (χ0v) is 9.29. The minimum absolute atomic E-state index is 0.267. The molecular formula is C14H16O. The molecule has 1 atom stereocenters. The Morgan fingerprint density at radius 3 is 2.73 bits per heavy atom. The van der Waals surface area contributed by atoms with Crippen LogP contribution in [0.3, 0.4) is 0 Å². The van der Waals surface area contributed by atoms with E-state index in [1.165, 1.54) is 16.7 Å².